The van der Waals surface area contributed by atoms with Gasteiger partial charge in [0.15, 0.2) is 0 Å². The van der Waals surface area contributed by atoms with Gasteiger partial charge in [0.25, 0.3) is 0 Å². The Morgan fingerprint density at radius 2 is 1.97 bits per heavy atom. The molecular formula is C27H36N4O2S. The van der Waals surface area contributed by atoms with Crippen LogP contribution in [0, 0.1) is 12.8 Å². The first-order valence-electron chi connectivity index (χ1n) is 12.9. The Kier molecular flexibility index (Phi) is 6.91. The lowest BCUT2D eigenvalue weighted by Gasteiger charge is -2.28. The molecule has 0 bridgehead atoms. The van der Waals surface area contributed by atoms with Gasteiger partial charge < -0.3 is 10.6 Å². The largest absolute Gasteiger partial charge is 0.376 e. The normalized spacial score (nSPS) is 20.1. The lowest BCUT2D eigenvalue weighted by Crippen LogP contribution is -2.48. The van der Waals surface area contributed by atoms with E-state index in [0.29, 0.717) is 17.9 Å². The van der Waals surface area contributed by atoms with E-state index in [9.17, 15) is 9.59 Å². The highest BCUT2D eigenvalue weighted by Crippen LogP contribution is 2.41. The molecule has 2 atom stereocenters. The molecule has 0 unspecified atom stereocenters. The summed E-state index contributed by atoms with van der Waals surface area (Å²) in [5.74, 6) is 1.19. The van der Waals surface area contributed by atoms with Crippen LogP contribution >= 0.6 is 11.3 Å². The highest BCUT2D eigenvalue weighted by atomic mass is 32.1. The standard InChI is InChI=1S/C27H36N4O2S/c1-17-23(14-21(15-28-17)20-7-8-20)29-18(2)25-11-12-26(34-25)31(16-32)24(13-19-5-3-4-6-19)27(33)30-22-9-10-22/h11-12,14-16,18-20,22,24,29H,3-10,13H2,1-2H3,(H,30,33)/t18-,24+/m1/s1. The number of amides is 2. The van der Waals surface area contributed by atoms with Crippen LogP contribution in [0.4, 0.5) is 10.7 Å². The van der Waals surface area contributed by atoms with E-state index in [1.165, 1.54) is 31.2 Å². The van der Waals surface area contributed by atoms with Crippen LogP contribution in [0.5, 0.6) is 0 Å². The molecule has 2 aromatic rings. The number of aromatic nitrogens is 1. The molecular weight excluding hydrogens is 444 g/mol. The minimum Gasteiger partial charge on any atom is -0.376 e. The minimum absolute atomic E-state index is 0.00112. The maximum Gasteiger partial charge on any atom is 0.243 e. The maximum atomic E-state index is 13.1. The minimum atomic E-state index is -0.433. The SMILES string of the molecule is Cc1ncc(C2CC2)cc1N[C@H](C)c1ccc(N(C=O)[C@@H](CC2CCCC2)C(=O)NC2CC2)s1. The number of nitrogens with one attached hydrogen (secondary N) is 2. The van der Waals surface area contributed by atoms with E-state index in [4.69, 9.17) is 0 Å². The van der Waals surface area contributed by atoms with Crippen LogP contribution in [0.25, 0.3) is 0 Å². The number of hydrogen-bond acceptors (Lipinski definition) is 5. The fourth-order valence-electron chi connectivity index (χ4n) is 5.07. The molecule has 2 heterocycles. The van der Waals surface area contributed by atoms with Crippen molar-refractivity contribution < 1.29 is 9.59 Å². The van der Waals surface area contributed by atoms with Gasteiger partial charge in [0.2, 0.25) is 12.3 Å². The van der Waals surface area contributed by atoms with E-state index in [-0.39, 0.29) is 11.9 Å². The van der Waals surface area contributed by atoms with Gasteiger partial charge in [0.1, 0.15) is 6.04 Å². The van der Waals surface area contributed by atoms with Crippen molar-refractivity contribution in [2.45, 2.75) is 95.7 Å². The highest BCUT2D eigenvalue weighted by Gasteiger charge is 2.34. The van der Waals surface area contributed by atoms with E-state index in [0.717, 1.165) is 59.8 Å². The second-order valence-electron chi connectivity index (χ2n) is 10.4. The lowest BCUT2D eigenvalue weighted by atomic mass is 9.97. The summed E-state index contributed by atoms with van der Waals surface area (Å²) in [5, 5.41) is 7.61. The van der Waals surface area contributed by atoms with Crippen molar-refractivity contribution in [3.05, 3.63) is 40.5 Å². The molecule has 3 saturated carbocycles. The van der Waals surface area contributed by atoms with Crippen LogP contribution in [0.2, 0.25) is 0 Å². The molecule has 0 saturated heterocycles. The first-order chi connectivity index (χ1) is 16.5. The number of rotatable bonds is 11. The van der Waals surface area contributed by atoms with Crippen molar-refractivity contribution in [1.82, 2.24) is 10.3 Å². The predicted molar refractivity (Wildman–Crippen MR) is 137 cm³/mol. The Balaban J connectivity index is 1.31. The van der Waals surface area contributed by atoms with Gasteiger partial charge in [0, 0.05) is 17.1 Å². The third-order valence-electron chi connectivity index (χ3n) is 7.53. The van der Waals surface area contributed by atoms with Gasteiger partial charge in [-0.1, -0.05) is 25.7 Å². The summed E-state index contributed by atoms with van der Waals surface area (Å²) in [6.07, 6.45) is 13.0. The molecule has 34 heavy (non-hydrogen) atoms. The fourth-order valence-corrected chi connectivity index (χ4v) is 6.09. The maximum absolute atomic E-state index is 13.1. The first-order valence-corrected chi connectivity index (χ1v) is 13.7. The summed E-state index contributed by atoms with van der Waals surface area (Å²) in [7, 11) is 0. The predicted octanol–water partition coefficient (Wildman–Crippen LogP) is 5.69. The number of aryl methyl sites for hydroxylation is 1. The van der Waals surface area contributed by atoms with Gasteiger partial charge in [-0.25, -0.2) is 0 Å². The average molecular weight is 481 g/mol. The molecule has 3 aliphatic rings. The van der Waals surface area contributed by atoms with E-state index in [2.05, 4.69) is 34.7 Å². The fraction of sp³-hybridized carbons (Fsp3) is 0.593. The molecule has 5 rings (SSSR count). The van der Waals surface area contributed by atoms with Crippen LogP contribution in [0.15, 0.2) is 24.4 Å². The molecule has 6 nitrogen and oxygen atoms in total. The summed E-state index contributed by atoms with van der Waals surface area (Å²) >= 11 is 1.59. The zero-order valence-electron chi connectivity index (χ0n) is 20.3. The van der Waals surface area contributed by atoms with Gasteiger partial charge in [-0.2, -0.15) is 0 Å². The molecule has 3 fully saturated rings. The highest BCUT2D eigenvalue weighted by molar-refractivity contribution is 7.16. The molecule has 0 aromatic carbocycles. The number of nitrogens with zero attached hydrogens (tertiary/aromatic N) is 2. The van der Waals surface area contributed by atoms with Gasteiger partial charge in [0.05, 0.1) is 22.4 Å². The van der Waals surface area contributed by atoms with Crippen LogP contribution in [0.1, 0.15) is 92.8 Å². The van der Waals surface area contributed by atoms with E-state index >= 15 is 0 Å². The molecule has 2 N–H and O–H groups in total. The Hall–Kier alpha value is -2.41. The second kappa shape index (κ2) is 10.1. The number of anilines is 2. The van der Waals surface area contributed by atoms with Crippen LogP contribution < -0.4 is 15.5 Å². The van der Waals surface area contributed by atoms with E-state index in [1.54, 1.807) is 16.2 Å². The summed E-state index contributed by atoms with van der Waals surface area (Å²) < 4.78 is 0. The molecule has 0 radical (unpaired) electrons. The summed E-state index contributed by atoms with van der Waals surface area (Å²) in [6.45, 7) is 4.17. The number of carbonyl (C=O) groups excluding carboxylic acids is 2. The Labute approximate surface area is 206 Å². The summed E-state index contributed by atoms with van der Waals surface area (Å²) in [6, 6.07) is 6.24. The van der Waals surface area contributed by atoms with Crippen LogP contribution in [0.3, 0.4) is 0 Å². The molecule has 3 aliphatic carbocycles. The van der Waals surface area contributed by atoms with Crippen molar-refractivity contribution >= 4 is 34.3 Å². The monoisotopic (exact) mass is 480 g/mol. The van der Waals surface area contributed by atoms with Crippen molar-refractivity contribution in [2.24, 2.45) is 5.92 Å². The molecule has 7 heteroatoms. The zero-order chi connectivity index (χ0) is 23.7. The van der Waals surface area contributed by atoms with Crippen molar-refractivity contribution in [1.29, 1.82) is 0 Å². The third kappa shape index (κ3) is 5.45. The lowest BCUT2D eigenvalue weighted by molar-refractivity contribution is -0.124. The zero-order valence-corrected chi connectivity index (χ0v) is 21.1. The number of pyridine rings is 1. The topological polar surface area (TPSA) is 74.3 Å². The number of thiophene rings is 1. The van der Waals surface area contributed by atoms with Gasteiger partial charge in [-0.15, -0.1) is 11.3 Å². The first kappa shape index (κ1) is 23.3. The van der Waals surface area contributed by atoms with Gasteiger partial charge >= 0.3 is 0 Å². The molecule has 2 amide bonds. The van der Waals surface area contributed by atoms with Crippen LogP contribution in [-0.4, -0.2) is 29.4 Å². The molecule has 182 valence electrons. The van der Waals surface area contributed by atoms with Crippen molar-refractivity contribution in [3.63, 3.8) is 0 Å². The van der Waals surface area contributed by atoms with E-state index < -0.39 is 6.04 Å². The average Bonchev–Trinajstić information content (AvgIpc) is 3.74. The summed E-state index contributed by atoms with van der Waals surface area (Å²) in [5.41, 5.74) is 3.38. The third-order valence-corrected chi connectivity index (χ3v) is 8.81. The number of hydrogen-bond donors (Lipinski definition) is 2. The molecule has 2 aromatic heterocycles. The Bertz CT molecular complexity index is 1020. The Morgan fingerprint density at radius 1 is 1.21 bits per heavy atom. The second-order valence-corrected chi connectivity index (χ2v) is 11.5. The van der Waals surface area contributed by atoms with Crippen molar-refractivity contribution in [2.75, 3.05) is 10.2 Å². The smallest absolute Gasteiger partial charge is 0.243 e. The van der Waals surface area contributed by atoms with Crippen LogP contribution in [-0.2, 0) is 9.59 Å². The molecule has 0 spiro atoms. The van der Waals surface area contributed by atoms with Gasteiger partial charge in [-0.3, -0.25) is 19.5 Å². The number of carbonyl (C=O) groups is 2. The Morgan fingerprint density at radius 3 is 2.65 bits per heavy atom. The summed E-state index contributed by atoms with van der Waals surface area (Å²) in [4.78, 5) is 32.8. The quantitative estimate of drug-likeness (QED) is 0.405. The van der Waals surface area contributed by atoms with Gasteiger partial charge in [-0.05, 0) is 81.5 Å². The van der Waals surface area contributed by atoms with Crippen molar-refractivity contribution in [3.8, 4) is 0 Å². The van der Waals surface area contributed by atoms with E-state index in [1.807, 2.05) is 19.2 Å². The molecule has 0 aliphatic heterocycles.